The lowest BCUT2D eigenvalue weighted by molar-refractivity contribution is 0.0985. The van der Waals surface area contributed by atoms with Crippen LogP contribution in [0.3, 0.4) is 0 Å². The standard InChI is InChI=1S/C17H16BrNO/c1-12-10-15(18)11-14-8-5-9-19(16(12)14)17(20)13-6-3-2-4-7-13/h2-4,6-7,10-11H,5,8-9H2,1H3. The second-order valence-corrected chi connectivity index (χ2v) is 6.07. The molecule has 0 radical (unpaired) electrons. The van der Waals surface area contributed by atoms with Gasteiger partial charge in [-0.15, -0.1) is 0 Å². The van der Waals surface area contributed by atoms with Crippen LogP contribution in [0.1, 0.15) is 27.9 Å². The molecule has 102 valence electrons. The molecule has 0 bridgehead atoms. The third kappa shape index (κ3) is 2.38. The molecule has 0 aromatic heterocycles. The summed E-state index contributed by atoms with van der Waals surface area (Å²) in [5.41, 5.74) is 4.25. The number of nitrogens with zero attached hydrogens (tertiary/aromatic N) is 1. The van der Waals surface area contributed by atoms with E-state index in [2.05, 4.69) is 35.0 Å². The maximum atomic E-state index is 12.7. The highest BCUT2D eigenvalue weighted by molar-refractivity contribution is 9.10. The first-order valence-corrected chi connectivity index (χ1v) is 7.62. The number of amides is 1. The molecule has 0 N–H and O–H groups in total. The molecule has 1 heterocycles. The molecule has 2 aromatic carbocycles. The molecule has 2 aromatic rings. The molecule has 0 unspecified atom stereocenters. The van der Waals surface area contributed by atoms with Gasteiger partial charge in [-0.1, -0.05) is 34.1 Å². The summed E-state index contributed by atoms with van der Waals surface area (Å²) in [7, 11) is 0. The number of halogens is 1. The van der Waals surface area contributed by atoms with Crippen LogP contribution in [0.15, 0.2) is 46.9 Å². The number of hydrogen-bond acceptors (Lipinski definition) is 1. The minimum atomic E-state index is 0.0944. The van der Waals surface area contributed by atoms with Gasteiger partial charge >= 0.3 is 0 Å². The summed E-state index contributed by atoms with van der Waals surface area (Å²) in [6.07, 6.45) is 2.05. The van der Waals surface area contributed by atoms with Crippen molar-refractivity contribution < 1.29 is 4.79 Å². The Balaban J connectivity index is 2.04. The van der Waals surface area contributed by atoms with Gasteiger partial charge in [0.1, 0.15) is 0 Å². The average Bonchev–Trinajstić information content (AvgIpc) is 2.46. The zero-order valence-corrected chi connectivity index (χ0v) is 13.0. The molecule has 20 heavy (non-hydrogen) atoms. The fourth-order valence-electron chi connectivity index (χ4n) is 2.86. The Bertz CT molecular complexity index is 652. The van der Waals surface area contributed by atoms with E-state index in [-0.39, 0.29) is 5.91 Å². The van der Waals surface area contributed by atoms with Crippen molar-refractivity contribution in [2.75, 3.05) is 11.4 Å². The monoisotopic (exact) mass is 329 g/mol. The lowest BCUT2D eigenvalue weighted by atomic mass is 9.97. The van der Waals surface area contributed by atoms with Gasteiger partial charge in [-0.2, -0.15) is 0 Å². The van der Waals surface area contributed by atoms with Gasteiger partial charge in [0, 0.05) is 16.6 Å². The van der Waals surface area contributed by atoms with Gasteiger partial charge in [0.05, 0.1) is 5.69 Å². The van der Waals surface area contributed by atoms with Crippen LogP contribution in [0, 0.1) is 6.92 Å². The first-order chi connectivity index (χ1) is 9.66. The van der Waals surface area contributed by atoms with Gasteiger partial charge < -0.3 is 4.90 Å². The molecule has 3 rings (SSSR count). The van der Waals surface area contributed by atoms with Crippen LogP contribution in [-0.2, 0) is 6.42 Å². The molecule has 0 fully saturated rings. The number of carbonyl (C=O) groups excluding carboxylic acids is 1. The third-order valence-corrected chi connectivity index (χ3v) is 4.17. The average molecular weight is 330 g/mol. The Hall–Kier alpha value is -1.61. The number of hydrogen-bond donors (Lipinski definition) is 0. The molecular formula is C17H16BrNO. The van der Waals surface area contributed by atoms with Crippen LogP contribution >= 0.6 is 15.9 Å². The fraction of sp³-hybridized carbons (Fsp3) is 0.235. The zero-order chi connectivity index (χ0) is 14.1. The van der Waals surface area contributed by atoms with E-state index >= 15 is 0 Å². The van der Waals surface area contributed by atoms with Crippen LogP contribution in [0.25, 0.3) is 0 Å². The maximum absolute atomic E-state index is 12.7. The third-order valence-electron chi connectivity index (χ3n) is 3.71. The number of fused-ring (bicyclic) bond motifs is 1. The van der Waals surface area contributed by atoms with Crippen molar-refractivity contribution in [3.05, 3.63) is 63.6 Å². The first kappa shape index (κ1) is 13.4. The molecule has 3 heteroatoms. The van der Waals surface area contributed by atoms with Crippen LogP contribution in [-0.4, -0.2) is 12.5 Å². The minimum absolute atomic E-state index is 0.0944. The lowest BCUT2D eigenvalue weighted by Gasteiger charge is -2.31. The van der Waals surface area contributed by atoms with E-state index in [1.807, 2.05) is 35.2 Å². The molecule has 0 spiro atoms. The van der Waals surface area contributed by atoms with Crippen molar-refractivity contribution in [2.24, 2.45) is 0 Å². The van der Waals surface area contributed by atoms with Gasteiger partial charge in [0.25, 0.3) is 5.91 Å². The number of benzene rings is 2. The maximum Gasteiger partial charge on any atom is 0.258 e. The van der Waals surface area contributed by atoms with E-state index in [1.165, 1.54) is 5.56 Å². The molecule has 2 nitrogen and oxygen atoms in total. The van der Waals surface area contributed by atoms with Crippen molar-refractivity contribution >= 4 is 27.5 Å². The number of aryl methyl sites for hydroxylation is 2. The van der Waals surface area contributed by atoms with Crippen molar-refractivity contribution in [2.45, 2.75) is 19.8 Å². The van der Waals surface area contributed by atoms with Crippen molar-refractivity contribution in [1.29, 1.82) is 0 Å². The minimum Gasteiger partial charge on any atom is -0.308 e. The Labute approximate surface area is 127 Å². The van der Waals surface area contributed by atoms with E-state index < -0.39 is 0 Å². The SMILES string of the molecule is Cc1cc(Br)cc2c1N(C(=O)c1ccccc1)CCC2. The summed E-state index contributed by atoms with van der Waals surface area (Å²) in [5, 5.41) is 0. The van der Waals surface area contributed by atoms with Crippen LogP contribution in [0.2, 0.25) is 0 Å². The van der Waals surface area contributed by atoms with Gasteiger partial charge in [-0.05, 0) is 55.2 Å². The largest absolute Gasteiger partial charge is 0.308 e. The molecule has 0 atom stereocenters. The van der Waals surface area contributed by atoms with Crippen LogP contribution in [0.4, 0.5) is 5.69 Å². The Morgan fingerprint density at radius 3 is 2.70 bits per heavy atom. The summed E-state index contributed by atoms with van der Waals surface area (Å²) in [5.74, 6) is 0.0944. The summed E-state index contributed by atoms with van der Waals surface area (Å²) >= 11 is 3.54. The van der Waals surface area contributed by atoms with E-state index in [9.17, 15) is 4.79 Å². The second kappa shape index (κ2) is 5.41. The van der Waals surface area contributed by atoms with E-state index in [1.54, 1.807) is 0 Å². The summed E-state index contributed by atoms with van der Waals surface area (Å²) in [4.78, 5) is 14.6. The van der Waals surface area contributed by atoms with Crippen LogP contribution in [0.5, 0.6) is 0 Å². The Morgan fingerprint density at radius 2 is 1.95 bits per heavy atom. The van der Waals surface area contributed by atoms with Gasteiger partial charge in [-0.25, -0.2) is 0 Å². The molecule has 1 aliphatic heterocycles. The number of carbonyl (C=O) groups is 1. The molecular weight excluding hydrogens is 314 g/mol. The summed E-state index contributed by atoms with van der Waals surface area (Å²) in [6, 6.07) is 13.7. The highest BCUT2D eigenvalue weighted by Crippen LogP contribution is 2.34. The topological polar surface area (TPSA) is 20.3 Å². The zero-order valence-electron chi connectivity index (χ0n) is 11.4. The molecule has 0 saturated carbocycles. The molecule has 1 aliphatic rings. The lowest BCUT2D eigenvalue weighted by Crippen LogP contribution is -2.36. The van der Waals surface area contributed by atoms with Crippen molar-refractivity contribution in [1.82, 2.24) is 0 Å². The number of anilines is 1. The van der Waals surface area contributed by atoms with Gasteiger partial charge in [0.15, 0.2) is 0 Å². The normalized spacial score (nSPS) is 14.0. The molecule has 0 aliphatic carbocycles. The van der Waals surface area contributed by atoms with Crippen molar-refractivity contribution in [3.8, 4) is 0 Å². The summed E-state index contributed by atoms with van der Waals surface area (Å²) < 4.78 is 1.09. The Morgan fingerprint density at radius 1 is 1.20 bits per heavy atom. The molecule has 0 saturated heterocycles. The highest BCUT2D eigenvalue weighted by atomic mass is 79.9. The predicted octanol–water partition coefficient (Wildman–Crippen LogP) is 4.35. The summed E-state index contributed by atoms with van der Waals surface area (Å²) in [6.45, 7) is 2.86. The van der Waals surface area contributed by atoms with Crippen LogP contribution < -0.4 is 4.90 Å². The predicted molar refractivity (Wildman–Crippen MR) is 85.3 cm³/mol. The van der Waals surface area contributed by atoms with Gasteiger partial charge in [0.2, 0.25) is 0 Å². The number of rotatable bonds is 1. The van der Waals surface area contributed by atoms with E-state index in [0.29, 0.717) is 0 Å². The molecule has 1 amide bonds. The first-order valence-electron chi connectivity index (χ1n) is 6.83. The van der Waals surface area contributed by atoms with Crippen molar-refractivity contribution in [3.63, 3.8) is 0 Å². The highest BCUT2D eigenvalue weighted by Gasteiger charge is 2.25. The van der Waals surface area contributed by atoms with E-state index in [4.69, 9.17) is 0 Å². The Kier molecular flexibility index (Phi) is 3.62. The van der Waals surface area contributed by atoms with E-state index in [0.717, 1.165) is 40.7 Å². The van der Waals surface area contributed by atoms with Gasteiger partial charge in [-0.3, -0.25) is 4.79 Å². The fourth-order valence-corrected chi connectivity index (χ4v) is 3.48. The smallest absolute Gasteiger partial charge is 0.258 e. The second-order valence-electron chi connectivity index (χ2n) is 5.16. The quantitative estimate of drug-likeness (QED) is 0.761.